The topological polar surface area (TPSA) is 40.5 Å². The van der Waals surface area contributed by atoms with Gasteiger partial charge >= 0.3 is 7.12 Å². The van der Waals surface area contributed by atoms with Crippen LogP contribution in [0.5, 0.6) is 0 Å². The zero-order chi connectivity index (χ0) is 8.69. The van der Waals surface area contributed by atoms with Crippen molar-refractivity contribution in [3.05, 3.63) is 0 Å². The van der Waals surface area contributed by atoms with Gasteiger partial charge in [-0.3, -0.25) is 0 Å². The van der Waals surface area contributed by atoms with Crippen molar-refractivity contribution in [1.29, 1.82) is 0 Å². The first kappa shape index (κ1) is 11.0. The average Bonchev–Trinajstić information content (AvgIpc) is 2.38. The molecule has 0 saturated heterocycles. The van der Waals surface area contributed by atoms with Crippen LogP contribution in [0.2, 0.25) is 5.82 Å². The van der Waals surface area contributed by atoms with Gasteiger partial charge in [0.2, 0.25) is 0 Å². The molecule has 0 unspecified atom stereocenters. The Morgan fingerprint density at radius 1 is 1.18 bits per heavy atom. The van der Waals surface area contributed by atoms with Crippen LogP contribution in [-0.4, -0.2) is 17.2 Å². The maximum Gasteiger partial charge on any atom is 0.454 e. The largest absolute Gasteiger partial charge is 0.454 e. The molecule has 1 rings (SSSR count). The van der Waals surface area contributed by atoms with Crippen molar-refractivity contribution in [1.82, 2.24) is 0 Å². The van der Waals surface area contributed by atoms with Crippen LogP contribution >= 0.6 is 0 Å². The van der Waals surface area contributed by atoms with Crippen LogP contribution in [-0.2, 0) is 0 Å². The Hall–Kier alpha value is -0.0151. The fourth-order valence-corrected chi connectivity index (χ4v) is 1.26. The van der Waals surface area contributed by atoms with Crippen LogP contribution in [0.1, 0.15) is 46.0 Å². The summed E-state index contributed by atoms with van der Waals surface area (Å²) in [5.74, 6) is 0.176. The van der Waals surface area contributed by atoms with Crippen molar-refractivity contribution in [2.24, 2.45) is 0 Å². The molecular formula is C8H19BO2. The first-order valence-electron chi connectivity index (χ1n) is 4.58. The van der Waals surface area contributed by atoms with E-state index in [1.54, 1.807) is 0 Å². The van der Waals surface area contributed by atoms with Crippen LogP contribution in [0.4, 0.5) is 0 Å². The summed E-state index contributed by atoms with van der Waals surface area (Å²) in [5, 5.41) is 17.2. The molecule has 0 amide bonds. The van der Waals surface area contributed by atoms with E-state index in [-0.39, 0.29) is 5.82 Å². The van der Waals surface area contributed by atoms with E-state index in [1.165, 1.54) is 19.3 Å². The van der Waals surface area contributed by atoms with Gasteiger partial charge in [-0.05, 0) is 5.82 Å². The zero-order valence-electron chi connectivity index (χ0n) is 7.58. The maximum absolute atomic E-state index is 8.61. The van der Waals surface area contributed by atoms with Gasteiger partial charge in [-0.25, -0.2) is 0 Å². The van der Waals surface area contributed by atoms with Gasteiger partial charge in [-0.15, -0.1) is 0 Å². The molecule has 0 heterocycles. The predicted molar refractivity (Wildman–Crippen MR) is 48.4 cm³/mol. The molecule has 0 aromatic carbocycles. The Kier molecular flexibility index (Phi) is 6.67. The third kappa shape index (κ3) is 5.28. The van der Waals surface area contributed by atoms with Gasteiger partial charge in [-0.1, -0.05) is 46.0 Å². The van der Waals surface area contributed by atoms with E-state index in [1.807, 2.05) is 0 Å². The van der Waals surface area contributed by atoms with Gasteiger partial charge < -0.3 is 10.0 Å². The van der Waals surface area contributed by atoms with E-state index in [0.29, 0.717) is 0 Å². The highest BCUT2D eigenvalue weighted by Gasteiger charge is 2.25. The summed E-state index contributed by atoms with van der Waals surface area (Å²) in [7, 11) is -1.06. The molecule has 2 nitrogen and oxygen atoms in total. The van der Waals surface area contributed by atoms with Crippen molar-refractivity contribution < 1.29 is 10.0 Å². The van der Waals surface area contributed by atoms with Crippen LogP contribution < -0.4 is 0 Å². The molecule has 0 atom stereocenters. The molecule has 0 aromatic heterocycles. The Labute approximate surface area is 69.8 Å². The molecule has 0 aromatic rings. The molecule has 1 aliphatic carbocycles. The van der Waals surface area contributed by atoms with Crippen LogP contribution in [0, 0.1) is 0 Å². The Balaban J connectivity index is 0.000000292. The van der Waals surface area contributed by atoms with Gasteiger partial charge in [-0.2, -0.15) is 0 Å². The fraction of sp³-hybridized carbons (Fsp3) is 1.00. The average molecular weight is 158 g/mol. The van der Waals surface area contributed by atoms with Crippen molar-refractivity contribution in [2.75, 3.05) is 0 Å². The summed E-state index contributed by atoms with van der Waals surface area (Å²) >= 11 is 0. The third-order valence-electron chi connectivity index (χ3n) is 1.82. The highest BCUT2D eigenvalue weighted by atomic mass is 16.4. The standard InChI is InChI=1S/C5H11BO2.C3H8/c7-6(8)5-3-1-2-4-5;1-3-2/h5,7-8H,1-4H2;3H2,1-2H3. The molecule has 1 saturated carbocycles. The normalized spacial score (nSPS) is 17.5. The van der Waals surface area contributed by atoms with E-state index in [9.17, 15) is 0 Å². The second-order valence-electron chi connectivity index (χ2n) is 3.17. The number of rotatable bonds is 1. The zero-order valence-corrected chi connectivity index (χ0v) is 7.58. The third-order valence-corrected chi connectivity index (χ3v) is 1.82. The van der Waals surface area contributed by atoms with Gasteiger partial charge in [0.15, 0.2) is 0 Å². The first-order chi connectivity index (χ1) is 5.22. The second-order valence-corrected chi connectivity index (χ2v) is 3.17. The van der Waals surface area contributed by atoms with E-state index < -0.39 is 7.12 Å². The minimum Gasteiger partial charge on any atom is -0.427 e. The van der Waals surface area contributed by atoms with Crippen molar-refractivity contribution in [2.45, 2.75) is 51.8 Å². The quantitative estimate of drug-likeness (QED) is 0.571. The van der Waals surface area contributed by atoms with Crippen molar-refractivity contribution in [3.8, 4) is 0 Å². The number of hydrogen-bond acceptors (Lipinski definition) is 2. The molecule has 66 valence electrons. The summed E-state index contributed by atoms with van der Waals surface area (Å²) in [6, 6.07) is 0. The van der Waals surface area contributed by atoms with E-state index in [4.69, 9.17) is 10.0 Å². The van der Waals surface area contributed by atoms with Crippen LogP contribution in [0.25, 0.3) is 0 Å². The molecule has 1 aliphatic rings. The SMILES string of the molecule is CCC.OB(O)C1CCCC1. The van der Waals surface area contributed by atoms with E-state index in [0.717, 1.165) is 12.8 Å². The van der Waals surface area contributed by atoms with Crippen LogP contribution in [0.15, 0.2) is 0 Å². The lowest BCUT2D eigenvalue weighted by Gasteiger charge is -2.03. The highest BCUT2D eigenvalue weighted by molar-refractivity contribution is 6.43. The predicted octanol–water partition coefficient (Wildman–Crippen LogP) is 1.82. The lowest BCUT2D eigenvalue weighted by atomic mass is 9.72. The van der Waals surface area contributed by atoms with E-state index in [2.05, 4.69) is 13.8 Å². The van der Waals surface area contributed by atoms with Crippen molar-refractivity contribution >= 4 is 7.12 Å². The van der Waals surface area contributed by atoms with Gasteiger partial charge in [0.1, 0.15) is 0 Å². The Morgan fingerprint density at radius 3 is 1.73 bits per heavy atom. The summed E-state index contributed by atoms with van der Waals surface area (Å²) < 4.78 is 0. The molecule has 0 spiro atoms. The summed E-state index contributed by atoms with van der Waals surface area (Å²) in [6.45, 7) is 4.25. The summed E-state index contributed by atoms with van der Waals surface area (Å²) in [6.07, 6.45) is 5.58. The summed E-state index contributed by atoms with van der Waals surface area (Å²) in [4.78, 5) is 0. The van der Waals surface area contributed by atoms with Gasteiger partial charge in [0.05, 0.1) is 0 Å². The Morgan fingerprint density at radius 2 is 1.55 bits per heavy atom. The Bertz CT molecular complexity index is 80.2. The minimum atomic E-state index is -1.06. The molecule has 1 fully saturated rings. The second kappa shape index (κ2) is 6.68. The molecule has 0 bridgehead atoms. The van der Waals surface area contributed by atoms with Gasteiger partial charge in [0, 0.05) is 0 Å². The molecule has 2 N–H and O–H groups in total. The highest BCUT2D eigenvalue weighted by Crippen LogP contribution is 2.30. The molecule has 0 aliphatic heterocycles. The lowest BCUT2D eigenvalue weighted by molar-refractivity contribution is 0.384. The smallest absolute Gasteiger partial charge is 0.427 e. The maximum atomic E-state index is 8.61. The number of hydrogen-bond donors (Lipinski definition) is 2. The molecule has 11 heavy (non-hydrogen) atoms. The van der Waals surface area contributed by atoms with E-state index >= 15 is 0 Å². The molecule has 0 radical (unpaired) electrons. The monoisotopic (exact) mass is 158 g/mol. The summed E-state index contributed by atoms with van der Waals surface area (Å²) in [5.41, 5.74) is 0. The van der Waals surface area contributed by atoms with Gasteiger partial charge in [0.25, 0.3) is 0 Å². The van der Waals surface area contributed by atoms with Crippen molar-refractivity contribution in [3.63, 3.8) is 0 Å². The van der Waals surface area contributed by atoms with Crippen LogP contribution in [0.3, 0.4) is 0 Å². The molecule has 3 heteroatoms. The fourth-order valence-electron chi connectivity index (χ4n) is 1.26. The minimum absolute atomic E-state index is 0.176. The lowest BCUT2D eigenvalue weighted by Crippen LogP contribution is -2.17. The molecular weight excluding hydrogens is 139 g/mol. The first-order valence-corrected chi connectivity index (χ1v) is 4.58.